The van der Waals surface area contributed by atoms with Gasteiger partial charge in [-0.3, -0.25) is 0 Å². The summed E-state index contributed by atoms with van der Waals surface area (Å²) in [6.45, 7) is 0. The van der Waals surface area contributed by atoms with Gasteiger partial charge in [-0.15, -0.1) is 0 Å². The highest BCUT2D eigenvalue weighted by molar-refractivity contribution is 6.31. The monoisotopic (exact) mass is 195 g/mol. The van der Waals surface area contributed by atoms with Gasteiger partial charge in [0.05, 0.1) is 0 Å². The summed E-state index contributed by atoms with van der Waals surface area (Å²) in [4.78, 5) is 0. The van der Waals surface area contributed by atoms with E-state index in [1.807, 2.05) is 19.2 Å². The second-order valence-corrected chi connectivity index (χ2v) is 4.01. The summed E-state index contributed by atoms with van der Waals surface area (Å²) in [6.07, 6.45) is 3.46. The standard InChI is InChI=1S/C11H14ClN/c1-13-9-6-5-8-3-2-4-11(12)10(8)7-9/h2-4,9,13H,5-7H2,1H3. The van der Waals surface area contributed by atoms with Crippen molar-refractivity contribution in [1.29, 1.82) is 0 Å². The van der Waals surface area contributed by atoms with Gasteiger partial charge in [0, 0.05) is 11.1 Å². The van der Waals surface area contributed by atoms with Crippen molar-refractivity contribution in [2.24, 2.45) is 0 Å². The molecule has 0 saturated carbocycles. The Balaban J connectivity index is 2.32. The van der Waals surface area contributed by atoms with Crippen molar-refractivity contribution < 1.29 is 0 Å². The van der Waals surface area contributed by atoms with Gasteiger partial charge in [-0.25, -0.2) is 0 Å². The number of halogens is 1. The van der Waals surface area contributed by atoms with Crippen molar-refractivity contribution in [3.05, 3.63) is 34.3 Å². The molecular formula is C11H14ClN. The first-order valence-electron chi connectivity index (χ1n) is 4.75. The van der Waals surface area contributed by atoms with Crippen LogP contribution in [0.25, 0.3) is 0 Å². The molecule has 1 aromatic rings. The van der Waals surface area contributed by atoms with E-state index in [1.165, 1.54) is 17.5 Å². The highest BCUT2D eigenvalue weighted by atomic mass is 35.5. The molecule has 1 aromatic carbocycles. The van der Waals surface area contributed by atoms with Crippen molar-refractivity contribution >= 4 is 11.6 Å². The quantitative estimate of drug-likeness (QED) is 0.726. The average molecular weight is 196 g/mol. The molecule has 0 aliphatic heterocycles. The van der Waals surface area contributed by atoms with E-state index in [4.69, 9.17) is 11.6 Å². The Labute approximate surface area is 84.1 Å². The smallest absolute Gasteiger partial charge is 0.0441 e. The molecule has 0 bridgehead atoms. The van der Waals surface area contributed by atoms with Gasteiger partial charge in [-0.1, -0.05) is 23.7 Å². The molecule has 0 spiro atoms. The Morgan fingerprint density at radius 3 is 3.08 bits per heavy atom. The molecule has 2 rings (SSSR count). The Morgan fingerprint density at radius 2 is 2.31 bits per heavy atom. The molecule has 0 saturated heterocycles. The van der Waals surface area contributed by atoms with Crippen LogP contribution >= 0.6 is 11.6 Å². The zero-order valence-corrected chi connectivity index (χ0v) is 8.56. The molecule has 0 fully saturated rings. The summed E-state index contributed by atoms with van der Waals surface area (Å²) in [6, 6.07) is 6.82. The van der Waals surface area contributed by atoms with Gasteiger partial charge in [0.25, 0.3) is 0 Å². The third-order valence-electron chi connectivity index (χ3n) is 2.84. The SMILES string of the molecule is CNC1CCc2cccc(Cl)c2C1. The number of aryl methyl sites for hydroxylation is 1. The van der Waals surface area contributed by atoms with Gasteiger partial charge < -0.3 is 5.32 Å². The maximum Gasteiger partial charge on any atom is 0.0441 e. The lowest BCUT2D eigenvalue weighted by molar-refractivity contribution is 0.496. The van der Waals surface area contributed by atoms with Crippen LogP contribution in [0.5, 0.6) is 0 Å². The van der Waals surface area contributed by atoms with Crippen LogP contribution in [-0.4, -0.2) is 13.1 Å². The van der Waals surface area contributed by atoms with E-state index in [0.29, 0.717) is 6.04 Å². The van der Waals surface area contributed by atoms with Crippen LogP contribution in [0.15, 0.2) is 18.2 Å². The summed E-state index contributed by atoms with van der Waals surface area (Å²) in [5.74, 6) is 0. The Kier molecular flexibility index (Phi) is 2.56. The van der Waals surface area contributed by atoms with Crippen molar-refractivity contribution in [1.82, 2.24) is 5.32 Å². The number of fused-ring (bicyclic) bond motifs is 1. The highest BCUT2D eigenvalue weighted by Crippen LogP contribution is 2.27. The fourth-order valence-corrected chi connectivity index (χ4v) is 2.26. The van der Waals surface area contributed by atoms with Crippen LogP contribution < -0.4 is 5.32 Å². The minimum Gasteiger partial charge on any atom is -0.317 e. The van der Waals surface area contributed by atoms with E-state index in [2.05, 4.69) is 11.4 Å². The van der Waals surface area contributed by atoms with Crippen LogP contribution in [0.4, 0.5) is 0 Å². The minimum absolute atomic E-state index is 0.604. The number of hydrogen-bond acceptors (Lipinski definition) is 1. The number of benzene rings is 1. The zero-order chi connectivity index (χ0) is 9.26. The predicted octanol–water partition coefficient (Wildman–Crippen LogP) is 2.42. The first kappa shape index (κ1) is 9.04. The predicted molar refractivity (Wildman–Crippen MR) is 56.3 cm³/mol. The molecule has 2 heteroatoms. The van der Waals surface area contributed by atoms with Gasteiger partial charge in [0.15, 0.2) is 0 Å². The molecule has 70 valence electrons. The fraction of sp³-hybridized carbons (Fsp3) is 0.455. The molecule has 0 heterocycles. The van der Waals surface area contributed by atoms with Crippen LogP contribution in [0.3, 0.4) is 0 Å². The first-order chi connectivity index (χ1) is 6.31. The van der Waals surface area contributed by atoms with Gasteiger partial charge >= 0.3 is 0 Å². The number of nitrogens with one attached hydrogen (secondary N) is 1. The van der Waals surface area contributed by atoms with E-state index >= 15 is 0 Å². The molecule has 1 nitrogen and oxygen atoms in total. The Hall–Kier alpha value is -0.530. The molecule has 1 atom stereocenters. The van der Waals surface area contributed by atoms with E-state index in [9.17, 15) is 0 Å². The lowest BCUT2D eigenvalue weighted by atomic mass is 9.88. The third-order valence-corrected chi connectivity index (χ3v) is 3.19. The van der Waals surface area contributed by atoms with E-state index in [-0.39, 0.29) is 0 Å². The molecule has 0 aromatic heterocycles. The summed E-state index contributed by atoms with van der Waals surface area (Å²) in [5, 5.41) is 4.24. The lowest BCUT2D eigenvalue weighted by Gasteiger charge is -2.24. The first-order valence-corrected chi connectivity index (χ1v) is 5.12. The molecule has 1 aliphatic carbocycles. The van der Waals surface area contributed by atoms with E-state index < -0.39 is 0 Å². The number of rotatable bonds is 1. The average Bonchev–Trinajstić information content (AvgIpc) is 2.18. The van der Waals surface area contributed by atoms with Crippen molar-refractivity contribution in [2.45, 2.75) is 25.3 Å². The largest absolute Gasteiger partial charge is 0.317 e. The lowest BCUT2D eigenvalue weighted by Crippen LogP contribution is -2.31. The molecule has 0 radical (unpaired) electrons. The van der Waals surface area contributed by atoms with Crippen LogP contribution in [-0.2, 0) is 12.8 Å². The van der Waals surface area contributed by atoms with Crippen LogP contribution in [0, 0.1) is 0 Å². The Morgan fingerprint density at radius 1 is 1.46 bits per heavy atom. The maximum absolute atomic E-state index is 6.14. The summed E-state index contributed by atoms with van der Waals surface area (Å²) < 4.78 is 0. The van der Waals surface area contributed by atoms with Gasteiger partial charge in [0.1, 0.15) is 0 Å². The summed E-state index contributed by atoms with van der Waals surface area (Å²) in [5.41, 5.74) is 2.77. The topological polar surface area (TPSA) is 12.0 Å². The molecular weight excluding hydrogens is 182 g/mol. The van der Waals surface area contributed by atoms with Gasteiger partial charge in [0.2, 0.25) is 0 Å². The normalized spacial score (nSPS) is 21.2. The molecule has 0 amide bonds. The fourth-order valence-electron chi connectivity index (χ4n) is 1.99. The van der Waals surface area contributed by atoms with Crippen LogP contribution in [0.2, 0.25) is 5.02 Å². The third kappa shape index (κ3) is 1.72. The van der Waals surface area contributed by atoms with Crippen molar-refractivity contribution in [3.8, 4) is 0 Å². The summed E-state index contributed by atoms with van der Waals surface area (Å²) in [7, 11) is 2.02. The number of likely N-dealkylation sites (N-methyl/N-ethyl adjacent to an activating group) is 1. The van der Waals surface area contributed by atoms with Gasteiger partial charge in [-0.05, 0) is 43.5 Å². The second-order valence-electron chi connectivity index (χ2n) is 3.61. The minimum atomic E-state index is 0.604. The van der Waals surface area contributed by atoms with Crippen molar-refractivity contribution in [3.63, 3.8) is 0 Å². The number of hydrogen-bond donors (Lipinski definition) is 1. The van der Waals surface area contributed by atoms with E-state index in [0.717, 1.165) is 17.9 Å². The highest BCUT2D eigenvalue weighted by Gasteiger charge is 2.18. The molecule has 1 N–H and O–H groups in total. The van der Waals surface area contributed by atoms with E-state index in [1.54, 1.807) is 0 Å². The van der Waals surface area contributed by atoms with Gasteiger partial charge in [-0.2, -0.15) is 0 Å². The summed E-state index contributed by atoms with van der Waals surface area (Å²) >= 11 is 6.14. The molecule has 1 aliphatic rings. The second kappa shape index (κ2) is 3.69. The Bertz CT molecular complexity index is 309. The zero-order valence-electron chi connectivity index (χ0n) is 7.81. The van der Waals surface area contributed by atoms with Crippen LogP contribution in [0.1, 0.15) is 17.5 Å². The molecule has 1 unspecified atom stereocenters. The molecule has 13 heavy (non-hydrogen) atoms. The maximum atomic E-state index is 6.14. The van der Waals surface area contributed by atoms with Crippen molar-refractivity contribution in [2.75, 3.05) is 7.05 Å².